The van der Waals surface area contributed by atoms with Gasteiger partial charge in [-0.2, -0.15) is 13.2 Å². The zero-order valence-electron chi connectivity index (χ0n) is 16.4. The molecule has 0 aliphatic carbocycles. The van der Waals surface area contributed by atoms with E-state index in [0.717, 1.165) is 0 Å². The summed E-state index contributed by atoms with van der Waals surface area (Å²) in [4.78, 5) is 23.3. The molecule has 0 saturated carbocycles. The summed E-state index contributed by atoms with van der Waals surface area (Å²) in [6, 6.07) is 11.6. The SMILES string of the molecule is CCCC(Oc1ccc(OC(=O)c2ccc(/C=C/C(=O)OC)cc2)cc1)C(F)(F)F. The first kappa shape index (κ1) is 23.0. The molecule has 1 atom stereocenters. The number of benzene rings is 2. The van der Waals surface area contributed by atoms with Gasteiger partial charge in [0.25, 0.3) is 0 Å². The van der Waals surface area contributed by atoms with Crippen LogP contribution in [0.3, 0.4) is 0 Å². The maximum atomic E-state index is 12.9. The van der Waals surface area contributed by atoms with E-state index in [1.807, 2.05) is 0 Å². The van der Waals surface area contributed by atoms with Crippen LogP contribution in [0.15, 0.2) is 54.6 Å². The minimum Gasteiger partial charge on any atom is -0.481 e. The maximum Gasteiger partial charge on any atom is 0.425 e. The zero-order chi connectivity index (χ0) is 22.1. The molecule has 0 saturated heterocycles. The minimum atomic E-state index is -4.46. The van der Waals surface area contributed by atoms with E-state index in [2.05, 4.69) is 4.74 Å². The Morgan fingerprint density at radius 3 is 2.13 bits per heavy atom. The van der Waals surface area contributed by atoms with Crippen molar-refractivity contribution in [2.75, 3.05) is 7.11 Å². The molecule has 0 fully saturated rings. The van der Waals surface area contributed by atoms with E-state index in [1.54, 1.807) is 19.1 Å². The molecule has 0 aliphatic rings. The van der Waals surface area contributed by atoms with Crippen LogP contribution in [0.25, 0.3) is 6.08 Å². The van der Waals surface area contributed by atoms with Gasteiger partial charge in [-0.25, -0.2) is 9.59 Å². The van der Waals surface area contributed by atoms with E-state index < -0.39 is 24.2 Å². The van der Waals surface area contributed by atoms with Gasteiger partial charge in [0.15, 0.2) is 6.10 Å². The summed E-state index contributed by atoms with van der Waals surface area (Å²) in [5.74, 6) is -0.929. The Labute approximate surface area is 172 Å². The summed E-state index contributed by atoms with van der Waals surface area (Å²) < 4.78 is 53.6. The summed E-state index contributed by atoms with van der Waals surface area (Å²) in [7, 11) is 1.27. The van der Waals surface area contributed by atoms with Gasteiger partial charge < -0.3 is 14.2 Å². The number of carbonyl (C=O) groups is 2. The molecule has 0 spiro atoms. The second-order valence-corrected chi connectivity index (χ2v) is 6.28. The molecule has 30 heavy (non-hydrogen) atoms. The van der Waals surface area contributed by atoms with Crippen molar-refractivity contribution in [2.45, 2.75) is 32.0 Å². The van der Waals surface area contributed by atoms with Crippen molar-refractivity contribution in [3.05, 3.63) is 65.7 Å². The van der Waals surface area contributed by atoms with Gasteiger partial charge in [0, 0.05) is 6.08 Å². The third kappa shape index (κ3) is 6.95. The van der Waals surface area contributed by atoms with Gasteiger partial charge >= 0.3 is 18.1 Å². The smallest absolute Gasteiger partial charge is 0.425 e. The van der Waals surface area contributed by atoms with Crippen LogP contribution in [0.2, 0.25) is 0 Å². The van der Waals surface area contributed by atoms with Gasteiger partial charge in [0.1, 0.15) is 11.5 Å². The lowest BCUT2D eigenvalue weighted by Crippen LogP contribution is -2.34. The molecule has 8 heteroatoms. The Balaban J connectivity index is 1.99. The number of carbonyl (C=O) groups excluding carboxylic acids is 2. The molecule has 5 nitrogen and oxygen atoms in total. The van der Waals surface area contributed by atoms with Crippen LogP contribution in [0, 0.1) is 0 Å². The molecule has 2 rings (SSSR count). The summed E-state index contributed by atoms with van der Waals surface area (Å²) >= 11 is 0. The van der Waals surface area contributed by atoms with E-state index in [-0.39, 0.29) is 23.5 Å². The number of halogens is 3. The van der Waals surface area contributed by atoms with Crippen molar-refractivity contribution < 1.29 is 37.0 Å². The second-order valence-electron chi connectivity index (χ2n) is 6.28. The van der Waals surface area contributed by atoms with Crippen molar-refractivity contribution in [1.82, 2.24) is 0 Å². The Kier molecular flexibility index (Phi) is 8.03. The van der Waals surface area contributed by atoms with Crippen LogP contribution in [0.5, 0.6) is 11.5 Å². The quantitative estimate of drug-likeness (QED) is 0.332. The molecular formula is C22H21F3O5. The van der Waals surface area contributed by atoms with E-state index in [1.165, 1.54) is 55.7 Å². The van der Waals surface area contributed by atoms with Crippen molar-refractivity contribution >= 4 is 18.0 Å². The van der Waals surface area contributed by atoms with Gasteiger partial charge in [-0.1, -0.05) is 25.5 Å². The predicted molar refractivity (Wildman–Crippen MR) is 104 cm³/mol. The number of rotatable bonds is 8. The Bertz CT molecular complexity index is 871. The molecular weight excluding hydrogens is 401 g/mol. The number of hydrogen-bond acceptors (Lipinski definition) is 5. The highest BCUT2D eigenvalue weighted by molar-refractivity contribution is 5.91. The first-order valence-corrected chi connectivity index (χ1v) is 9.14. The minimum absolute atomic E-state index is 0.0346. The molecule has 0 heterocycles. The molecule has 0 aliphatic heterocycles. The highest BCUT2D eigenvalue weighted by atomic mass is 19.4. The van der Waals surface area contributed by atoms with Gasteiger partial charge in [-0.3, -0.25) is 0 Å². The second kappa shape index (κ2) is 10.5. The number of esters is 2. The van der Waals surface area contributed by atoms with E-state index in [0.29, 0.717) is 12.0 Å². The average molecular weight is 422 g/mol. The average Bonchev–Trinajstić information content (AvgIpc) is 2.72. The number of methoxy groups -OCH3 is 1. The van der Waals surface area contributed by atoms with Gasteiger partial charge in [-0.15, -0.1) is 0 Å². The number of ether oxygens (including phenoxy) is 3. The Hall–Kier alpha value is -3.29. The fourth-order valence-corrected chi connectivity index (χ4v) is 2.43. The molecule has 0 amide bonds. The third-order valence-corrected chi connectivity index (χ3v) is 3.99. The Morgan fingerprint density at radius 2 is 1.60 bits per heavy atom. The van der Waals surface area contributed by atoms with Gasteiger partial charge in [0.05, 0.1) is 12.7 Å². The lowest BCUT2D eigenvalue weighted by molar-refractivity contribution is -0.196. The monoisotopic (exact) mass is 422 g/mol. The summed E-state index contributed by atoms with van der Waals surface area (Å²) in [5.41, 5.74) is 0.954. The van der Waals surface area contributed by atoms with Crippen LogP contribution in [0.4, 0.5) is 13.2 Å². The molecule has 160 valence electrons. The lowest BCUT2D eigenvalue weighted by atomic mass is 10.1. The summed E-state index contributed by atoms with van der Waals surface area (Å²) in [6.45, 7) is 1.65. The van der Waals surface area contributed by atoms with E-state index >= 15 is 0 Å². The fourth-order valence-electron chi connectivity index (χ4n) is 2.43. The summed E-state index contributed by atoms with van der Waals surface area (Å²) in [5, 5.41) is 0. The number of alkyl halides is 3. The lowest BCUT2D eigenvalue weighted by Gasteiger charge is -2.21. The molecule has 1 unspecified atom stereocenters. The zero-order valence-corrected chi connectivity index (χ0v) is 16.4. The molecule has 0 N–H and O–H groups in total. The molecule has 0 bridgehead atoms. The van der Waals surface area contributed by atoms with Gasteiger partial charge in [0.2, 0.25) is 0 Å². The number of hydrogen-bond donors (Lipinski definition) is 0. The normalized spacial score (nSPS) is 12.4. The largest absolute Gasteiger partial charge is 0.481 e. The van der Waals surface area contributed by atoms with Crippen LogP contribution in [-0.2, 0) is 9.53 Å². The van der Waals surface area contributed by atoms with Gasteiger partial charge in [-0.05, 0) is 54.5 Å². The molecule has 2 aromatic carbocycles. The predicted octanol–water partition coefficient (Wildman–Crippen LogP) is 5.20. The van der Waals surface area contributed by atoms with Crippen molar-refractivity contribution in [2.24, 2.45) is 0 Å². The van der Waals surface area contributed by atoms with Crippen LogP contribution in [0.1, 0.15) is 35.7 Å². The Morgan fingerprint density at radius 1 is 1.00 bits per heavy atom. The van der Waals surface area contributed by atoms with Crippen LogP contribution < -0.4 is 9.47 Å². The van der Waals surface area contributed by atoms with Crippen molar-refractivity contribution in [3.63, 3.8) is 0 Å². The highest BCUT2D eigenvalue weighted by Gasteiger charge is 2.40. The summed E-state index contributed by atoms with van der Waals surface area (Å²) in [6.07, 6.45) is -3.38. The first-order chi connectivity index (χ1) is 14.2. The fraction of sp³-hybridized carbons (Fsp3) is 0.273. The first-order valence-electron chi connectivity index (χ1n) is 9.14. The molecule has 0 radical (unpaired) electrons. The van der Waals surface area contributed by atoms with E-state index in [4.69, 9.17) is 9.47 Å². The van der Waals surface area contributed by atoms with E-state index in [9.17, 15) is 22.8 Å². The molecule has 0 aromatic heterocycles. The molecule has 2 aromatic rings. The maximum absolute atomic E-state index is 12.9. The third-order valence-electron chi connectivity index (χ3n) is 3.99. The topological polar surface area (TPSA) is 61.8 Å². The van der Waals surface area contributed by atoms with Crippen molar-refractivity contribution in [1.29, 1.82) is 0 Å². The van der Waals surface area contributed by atoms with Crippen LogP contribution >= 0.6 is 0 Å². The van der Waals surface area contributed by atoms with Crippen molar-refractivity contribution in [3.8, 4) is 11.5 Å². The highest BCUT2D eigenvalue weighted by Crippen LogP contribution is 2.29. The van der Waals surface area contributed by atoms with Crippen LogP contribution in [-0.4, -0.2) is 31.3 Å². The standard InChI is InChI=1S/C22H21F3O5/c1-3-4-19(22(23,24)25)29-17-10-12-18(13-11-17)30-21(27)16-8-5-15(6-9-16)7-14-20(26)28-2/h5-14,19H,3-4H2,1-2H3/b14-7+.